The predicted octanol–water partition coefficient (Wildman–Crippen LogP) is 2.81. The van der Waals surface area contributed by atoms with Crippen LogP contribution in [0.3, 0.4) is 0 Å². The van der Waals surface area contributed by atoms with Gasteiger partial charge in [-0.25, -0.2) is 9.40 Å². The van der Waals surface area contributed by atoms with Crippen molar-refractivity contribution in [2.24, 2.45) is 0 Å². The Hall–Kier alpha value is -2.76. The second kappa shape index (κ2) is 6.56. The minimum absolute atomic E-state index is 0.129. The van der Waals surface area contributed by atoms with Gasteiger partial charge in [0.1, 0.15) is 11.5 Å². The van der Waals surface area contributed by atoms with Crippen LogP contribution in [0.5, 0.6) is 0 Å². The quantitative estimate of drug-likeness (QED) is 0.867. The van der Waals surface area contributed by atoms with Crippen LogP contribution < -0.4 is 5.43 Å². The van der Waals surface area contributed by atoms with E-state index in [1.165, 1.54) is 24.4 Å². The molecule has 0 saturated carbocycles. The van der Waals surface area contributed by atoms with Crippen molar-refractivity contribution in [3.05, 3.63) is 65.7 Å². The molecule has 1 N–H and O–H groups in total. The number of carbonyl (C=O) groups excluding carboxylic acids is 2. The van der Waals surface area contributed by atoms with Crippen molar-refractivity contribution < 1.29 is 14.0 Å². The zero-order valence-electron chi connectivity index (χ0n) is 13.2. The molecule has 0 atom stereocenters. The summed E-state index contributed by atoms with van der Waals surface area (Å²) in [5, 5.41) is 1.16. The number of rotatable bonds is 2. The van der Waals surface area contributed by atoms with Crippen LogP contribution >= 0.6 is 0 Å². The van der Waals surface area contributed by atoms with E-state index in [9.17, 15) is 14.0 Å². The Bertz CT molecular complexity index is 711. The smallest absolute Gasteiger partial charge is 0.267 e. The molecule has 1 aromatic carbocycles. The molecule has 0 aliphatic rings. The lowest BCUT2D eigenvalue weighted by molar-refractivity contribution is 0.0352. The fourth-order valence-corrected chi connectivity index (χ4v) is 1.93. The van der Waals surface area contributed by atoms with Crippen molar-refractivity contribution in [3.63, 3.8) is 0 Å². The SMILES string of the molecule is CC(C)(C)N(NC(=O)c1ccccc1F)C(=O)c1ccccn1. The van der Waals surface area contributed by atoms with Crippen molar-refractivity contribution in [3.8, 4) is 0 Å². The number of hydrazine groups is 1. The predicted molar refractivity (Wildman–Crippen MR) is 84.0 cm³/mol. The van der Waals surface area contributed by atoms with Gasteiger partial charge in [-0.3, -0.25) is 20.0 Å². The molecule has 0 unspecified atom stereocenters. The number of nitrogens with zero attached hydrogens (tertiary/aromatic N) is 2. The topological polar surface area (TPSA) is 62.3 Å². The number of carbonyl (C=O) groups is 2. The molecule has 2 amide bonds. The van der Waals surface area contributed by atoms with Crippen molar-refractivity contribution in [1.82, 2.24) is 15.4 Å². The van der Waals surface area contributed by atoms with Crippen LogP contribution in [-0.2, 0) is 0 Å². The van der Waals surface area contributed by atoms with Gasteiger partial charge in [0.15, 0.2) is 0 Å². The highest BCUT2D eigenvalue weighted by molar-refractivity contribution is 5.98. The van der Waals surface area contributed by atoms with Gasteiger partial charge in [-0.05, 0) is 45.0 Å². The highest BCUT2D eigenvalue weighted by Crippen LogP contribution is 2.15. The van der Waals surface area contributed by atoms with E-state index in [1.807, 2.05) is 0 Å². The molecule has 5 nitrogen and oxygen atoms in total. The number of hydrogen-bond donors (Lipinski definition) is 1. The number of aromatic nitrogens is 1. The molecule has 2 aromatic rings. The minimum Gasteiger partial charge on any atom is -0.267 e. The summed E-state index contributed by atoms with van der Waals surface area (Å²) in [6, 6.07) is 10.5. The molecule has 0 aliphatic carbocycles. The molecule has 120 valence electrons. The van der Waals surface area contributed by atoms with Crippen LogP contribution in [0.15, 0.2) is 48.7 Å². The number of nitrogens with one attached hydrogen (secondary N) is 1. The fourth-order valence-electron chi connectivity index (χ4n) is 1.93. The highest BCUT2D eigenvalue weighted by atomic mass is 19.1. The molecule has 0 radical (unpaired) electrons. The van der Waals surface area contributed by atoms with Crippen LogP contribution in [0.25, 0.3) is 0 Å². The van der Waals surface area contributed by atoms with Crippen LogP contribution in [-0.4, -0.2) is 27.3 Å². The van der Waals surface area contributed by atoms with E-state index in [0.717, 1.165) is 5.01 Å². The Morgan fingerprint density at radius 2 is 1.74 bits per heavy atom. The summed E-state index contributed by atoms with van der Waals surface area (Å²) in [4.78, 5) is 28.9. The minimum atomic E-state index is -0.713. The standard InChI is InChI=1S/C17H18FN3O2/c1-17(2,3)21(16(23)14-10-6-7-11-19-14)20-15(22)12-8-4-5-9-13(12)18/h4-11H,1-3H3,(H,20,22). The van der Waals surface area contributed by atoms with Gasteiger partial charge in [-0.15, -0.1) is 0 Å². The summed E-state index contributed by atoms with van der Waals surface area (Å²) in [5.41, 5.74) is 1.83. The van der Waals surface area contributed by atoms with Crippen molar-refractivity contribution in [1.29, 1.82) is 0 Å². The lowest BCUT2D eigenvalue weighted by atomic mass is 10.1. The Labute approximate surface area is 134 Å². The van der Waals surface area contributed by atoms with Gasteiger partial charge in [0, 0.05) is 6.20 Å². The van der Waals surface area contributed by atoms with E-state index in [-0.39, 0.29) is 11.3 Å². The van der Waals surface area contributed by atoms with Crippen LogP contribution in [0.1, 0.15) is 41.6 Å². The van der Waals surface area contributed by atoms with E-state index in [1.54, 1.807) is 45.0 Å². The van der Waals surface area contributed by atoms with E-state index < -0.39 is 23.2 Å². The van der Waals surface area contributed by atoms with Gasteiger partial charge in [-0.1, -0.05) is 18.2 Å². The number of amides is 2. The van der Waals surface area contributed by atoms with Gasteiger partial charge in [0.05, 0.1) is 11.1 Å². The van der Waals surface area contributed by atoms with Gasteiger partial charge in [-0.2, -0.15) is 0 Å². The maximum Gasteiger partial charge on any atom is 0.291 e. The molecule has 0 bridgehead atoms. The van der Waals surface area contributed by atoms with E-state index in [2.05, 4.69) is 10.4 Å². The van der Waals surface area contributed by atoms with Crippen molar-refractivity contribution >= 4 is 11.8 Å². The third-order valence-corrected chi connectivity index (χ3v) is 3.09. The molecular formula is C17H18FN3O2. The zero-order valence-corrected chi connectivity index (χ0v) is 13.2. The number of pyridine rings is 1. The Balaban J connectivity index is 2.29. The van der Waals surface area contributed by atoms with Crippen LogP contribution in [0, 0.1) is 5.82 Å². The average molecular weight is 315 g/mol. The summed E-state index contributed by atoms with van der Waals surface area (Å²) in [6.07, 6.45) is 1.49. The summed E-state index contributed by atoms with van der Waals surface area (Å²) >= 11 is 0. The molecule has 0 fully saturated rings. The zero-order chi connectivity index (χ0) is 17.0. The van der Waals surface area contributed by atoms with E-state index in [4.69, 9.17) is 0 Å². The average Bonchev–Trinajstić information content (AvgIpc) is 2.52. The summed E-state index contributed by atoms with van der Waals surface area (Å²) < 4.78 is 13.7. The Morgan fingerprint density at radius 1 is 1.09 bits per heavy atom. The molecule has 23 heavy (non-hydrogen) atoms. The van der Waals surface area contributed by atoms with Gasteiger partial charge in [0.25, 0.3) is 11.8 Å². The Morgan fingerprint density at radius 3 is 2.30 bits per heavy atom. The third-order valence-electron chi connectivity index (χ3n) is 3.09. The molecule has 2 rings (SSSR count). The third kappa shape index (κ3) is 3.91. The first kappa shape index (κ1) is 16.6. The van der Waals surface area contributed by atoms with Crippen molar-refractivity contribution in [2.45, 2.75) is 26.3 Å². The lowest BCUT2D eigenvalue weighted by Gasteiger charge is -2.35. The largest absolute Gasteiger partial charge is 0.291 e. The maximum atomic E-state index is 13.7. The first-order valence-corrected chi connectivity index (χ1v) is 7.12. The molecular weight excluding hydrogens is 297 g/mol. The van der Waals surface area contributed by atoms with E-state index in [0.29, 0.717) is 0 Å². The number of benzene rings is 1. The number of halogens is 1. The fraction of sp³-hybridized carbons (Fsp3) is 0.235. The second-order valence-corrected chi connectivity index (χ2v) is 5.95. The van der Waals surface area contributed by atoms with Gasteiger partial charge >= 0.3 is 0 Å². The Kier molecular flexibility index (Phi) is 4.74. The number of hydrogen-bond acceptors (Lipinski definition) is 3. The van der Waals surface area contributed by atoms with Gasteiger partial charge < -0.3 is 0 Å². The highest BCUT2D eigenvalue weighted by Gasteiger charge is 2.30. The molecule has 0 spiro atoms. The summed E-state index contributed by atoms with van der Waals surface area (Å²) in [7, 11) is 0. The molecule has 1 aromatic heterocycles. The normalized spacial score (nSPS) is 11.0. The second-order valence-electron chi connectivity index (χ2n) is 5.95. The van der Waals surface area contributed by atoms with Crippen LogP contribution in [0.4, 0.5) is 4.39 Å². The molecule has 6 heteroatoms. The first-order chi connectivity index (χ1) is 10.8. The molecule has 1 heterocycles. The first-order valence-electron chi connectivity index (χ1n) is 7.12. The van der Waals surface area contributed by atoms with Gasteiger partial charge in [0.2, 0.25) is 0 Å². The maximum absolute atomic E-state index is 13.7. The molecule has 0 saturated heterocycles. The van der Waals surface area contributed by atoms with E-state index >= 15 is 0 Å². The van der Waals surface area contributed by atoms with Crippen LogP contribution in [0.2, 0.25) is 0 Å². The summed E-state index contributed by atoms with van der Waals surface area (Å²) in [6.45, 7) is 5.28. The summed E-state index contributed by atoms with van der Waals surface area (Å²) in [5.74, 6) is -1.81. The molecule has 0 aliphatic heterocycles. The lowest BCUT2D eigenvalue weighted by Crippen LogP contribution is -2.56. The monoisotopic (exact) mass is 315 g/mol. The van der Waals surface area contributed by atoms with Crippen molar-refractivity contribution in [2.75, 3.05) is 0 Å².